The van der Waals surface area contributed by atoms with Crippen LogP contribution in [0.25, 0.3) is 0 Å². The Bertz CT molecular complexity index is 450. The number of hydrazine groups is 1. The van der Waals surface area contributed by atoms with Crippen molar-refractivity contribution in [1.29, 1.82) is 0 Å². The van der Waals surface area contributed by atoms with Gasteiger partial charge >= 0.3 is 0 Å². The van der Waals surface area contributed by atoms with E-state index in [4.69, 9.17) is 0 Å². The van der Waals surface area contributed by atoms with Crippen molar-refractivity contribution in [2.45, 2.75) is 27.2 Å². The first-order valence-corrected chi connectivity index (χ1v) is 5.67. The van der Waals surface area contributed by atoms with E-state index in [1.807, 2.05) is 20.8 Å². The molecule has 1 rings (SSSR count). The van der Waals surface area contributed by atoms with Crippen LogP contribution >= 0.6 is 0 Å². The Morgan fingerprint density at radius 1 is 1.17 bits per heavy atom. The molecule has 0 radical (unpaired) electrons. The van der Waals surface area contributed by atoms with E-state index in [-0.39, 0.29) is 22.6 Å². The van der Waals surface area contributed by atoms with Gasteiger partial charge < -0.3 is 5.11 Å². The molecule has 3 N–H and O–H groups in total. The lowest BCUT2D eigenvalue weighted by Gasteiger charge is -2.17. The van der Waals surface area contributed by atoms with Crippen molar-refractivity contribution in [3.8, 4) is 5.75 Å². The molecule has 2 amide bonds. The Morgan fingerprint density at radius 3 is 2.33 bits per heavy atom. The largest absolute Gasteiger partial charge is 0.507 e. The van der Waals surface area contributed by atoms with Gasteiger partial charge in [0.05, 0.1) is 5.56 Å². The van der Waals surface area contributed by atoms with Crippen LogP contribution in [0.1, 0.15) is 37.6 Å². The summed E-state index contributed by atoms with van der Waals surface area (Å²) in [5, 5.41) is 9.46. The minimum atomic E-state index is -0.546. The van der Waals surface area contributed by atoms with Crippen molar-refractivity contribution >= 4 is 11.8 Å². The summed E-state index contributed by atoms with van der Waals surface area (Å²) in [4.78, 5) is 23.1. The molecule has 0 aliphatic carbocycles. The molecule has 1 aromatic carbocycles. The van der Waals surface area contributed by atoms with Gasteiger partial charge in [0.1, 0.15) is 5.75 Å². The Balaban J connectivity index is 2.52. The number of rotatable bonds is 2. The average Bonchev–Trinajstić information content (AvgIpc) is 2.24. The molecule has 0 unspecified atom stereocenters. The van der Waals surface area contributed by atoms with E-state index in [2.05, 4.69) is 10.9 Å². The molecule has 0 bridgehead atoms. The van der Waals surface area contributed by atoms with Crippen LogP contribution in [0.5, 0.6) is 5.75 Å². The number of phenols is 1. The number of amides is 2. The molecule has 1 aromatic rings. The van der Waals surface area contributed by atoms with Gasteiger partial charge in [-0.2, -0.15) is 0 Å². The predicted octanol–water partition coefficient (Wildman–Crippen LogP) is 1.59. The van der Waals surface area contributed by atoms with E-state index in [1.54, 1.807) is 12.1 Å². The lowest BCUT2D eigenvalue weighted by atomic mass is 9.92. The standard InChI is InChI=1S/C13H18N2O3/c1-13(2,3)8-11(17)14-15-12(18)9-6-4-5-7-10(9)16/h4-7,16H,8H2,1-3H3,(H,14,17)(H,15,18). The number of benzene rings is 1. The third-order valence-corrected chi connectivity index (χ3v) is 2.16. The third kappa shape index (κ3) is 4.45. The zero-order valence-electron chi connectivity index (χ0n) is 10.8. The maximum atomic E-state index is 11.6. The van der Waals surface area contributed by atoms with Crippen molar-refractivity contribution in [3.05, 3.63) is 29.8 Å². The Kier molecular flexibility index (Phi) is 4.31. The summed E-state index contributed by atoms with van der Waals surface area (Å²) < 4.78 is 0. The number of carbonyl (C=O) groups is 2. The third-order valence-electron chi connectivity index (χ3n) is 2.16. The van der Waals surface area contributed by atoms with Crippen molar-refractivity contribution in [1.82, 2.24) is 10.9 Å². The van der Waals surface area contributed by atoms with Crippen LogP contribution in [-0.2, 0) is 4.79 Å². The van der Waals surface area contributed by atoms with Crippen LogP contribution in [0.4, 0.5) is 0 Å². The average molecular weight is 250 g/mol. The lowest BCUT2D eigenvalue weighted by molar-refractivity contribution is -0.123. The second-order valence-corrected chi connectivity index (χ2v) is 5.26. The molecular weight excluding hydrogens is 232 g/mol. The fourth-order valence-electron chi connectivity index (χ4n) is 1.39. The predicted molar refractivity (Wildman–Crippen MR) is 67.8 cm³/mol. The van der Waals surface area contributed by atoms with E-state index in [0.717, 1.165) is 0 Å². The van der Waals surface area contributed by atoms with Gasteiger partial charge in [-0.25, -0.2) is 0 Å². The second-order valence-electron chi connectivity index (χ2n) is 5.26. The molecule has 0 aliphatic heterocycles. The first-order valence-electron chi connectivity index (χ1n) is 5.67. The summed E-state index contributed by atoms with van der Waals surface area (Å²) in [5.74, 6) is -0.943. The number of carbonyl (C=O) groups excluding carboxylic acids is 2. The first kappa shape index (κ1) is 14.0. The van der Waals surface area contributed by atoms with Crippen LogP contribution in [0.2, 0.25) is 0 Å². The number of para-hydroxylation sites is 1. The molecule has 0 heterocycles. The van der Waals surface area contributed by atoms with Crippen LogP contribution < -0.4 is 10.9 Å². The number of hydrogen-bond acceptors (Lipinski definition) is 3. The molecule has 0 saturated carbocycles. The van der Waals surface area contributed by atoms with Crippen molar-refractivity contribution < 1.29 is 14.7 Å². The topological polar surface area (TPSA) is 78.4 Å². The van der Waals surface area contributed by atoms with Crippen LogP contribution in [-0.4, -0.2) is 16.9 Å². The minimum absolute atomic E-state index is 0.119. The molecule has 0 saturated heterocycles. The number of hydrogen-bond donors (Lipinski definition) is 3. The smallest absolute Gasteiger partial charge is 0.273 e. The highest BCUT2D eigenvalue weighted by molar-refractivity contribution is 5.97. The highest BCUT2D eigenvalue weighted by Crippen LogP contribution is 2.18. The normalized spacial score (nSPS) is 10.8. The SMILES string of the molecule is CC(C)(C)CC(=O)NNC(=O)c1ccccc1O. The van der Waals surface area contributed by atoms with Crippen molar-refractivity contribution in [2.24, 2.45) is 5.41 Å². The number of aromatic hydroxyl groups is 1. The van der Waals surface area contributed by atoms with Crippen LogP contribution in [0.15, 0.2) is 24.3 Å². The summed E-state index contributed by atoms with van der Waals surface area (Å²) in [6.45, 7) is 5.78. The van der Waals surface area contributed by atoms with Crippen molar-refractivity contribution in [2.75, 3.05) is 0 Å². The van der Waals surface area contributed by atoms with E-state index in [0.29, 0.717) is 6.42 Å². The van der Waals surface area contributed by atoms with Gasteiger partial charge in [0, 0.05) is 6.42 Å². The van der Waals surface area contributed by atoms with Crippen LogP contribution in [0, 0.1) is 5.41 Å². The van der Waals surface area contributed by atoms with Crippen LogP contribution in [0.3, 0.4) is 0 Å². The molecule has 0 fully saturated rings. The zero-order valence-corrected chi connectivity index (χ0v) is 10.8. The Morgan fingerprint density at radius 2 is 1.78 bits per heavy atom. The second kappa shape index (κ2) is 5.53. The van der Waals surface area contributed by atoms with Gasteiger partial charge in [-0.3, -0.25) is 20.4 Å². The van der Waals surface area contributed by atoms with E-state index in [9.17, 15) is 14.7 Å². The zero-order chi connectivity index (χ0) is 13.8. The van der Waals surface area contributed by atoms with E-state index < -0.39 is 5.91 Å². The summed E-state index contributed by atoms with van der Waals surface area (Å²) in [7, 11) is 0. The fourth-order valence-corrected chi connectivity index (χ4v) is 1.39. The first-order chi connectivity index (χ1) is 8.29. The maximum Gasteiger partial charge on any atom is 0.273 e. The Labute approximate surface area is 106 Å². The van der Waals surface area contributed by atoms with Gasteiger partial charge in [-0.1, -0.05) is 32.9 Å². The maximum absolute atomic E-state index is 11.6. The summed E-state index contributed by atoms with van der Waals surface area (Å²) in [6, 6.07) is 6.13. The molecule has 5 heteroatoms. The molecule has 5 nitrogen and oxygen atoms in total. The molecule has 0 atom stereocenters. The lowest BCUT2D eigenvalue weighted by Crippen LogP contribution is -2.42. The molecular formula is C13H18N2O3. The molecule has 18 heavy (non-hydrogen) atoms. The minimum Gasteiger partial charge on any atom is -0.507 e. The number of nitrogens with one attached hydrogen (secondary N) is 2. The van der Waals surface area contributed by atoms with Gasteiger partial charge in [0.15, 0.2) is 0 Å². The van der Waals surface area contributed by atoms with Crippen molar-refractivity contribution in [3.63, 3.8) is 0 Å². The summed E-state index contributed by atoms with van der Waals surface area (Å²) in [5.41, 5.74) is 4.55. The quantitative estimate of drug-likeness (QED) is 0.697. The Hall–Kier alpha value is -2.04. The molecule has 0 aliphatic rings. The summed E-state index contributed by atoms with van der Waals surface area (Å²) in [6.07, 6.45) is 0.300. The summed E-state index contributed by atoms with van der Waals surface area (Å²) >= 11 is 0. The molecule has 0 spiro atoms. The molecule has 98 valence electrons. The fraction of sp³-hybridized carbons (Fsp3) is 0.385. The highest BCUT2D eigenvalue weighted by Gasteiger charge is 2.17. The van der Waals surface area contributed by atoms with E-state index >= 15 is 0 Å². The number of phenolic OH excluding ortho intramolecular Hbond substituents is 1. The van der Waals surface area contributed by atoms with Gasteiger partial charge in [0.2, 0.25) is 5.91 Å². The van der Waals surface area contributed by atoms with Gasteiger partial charge in [-0.15, -0.1) is 0 Å². The van der Waals surface area contributed by atoms with E-state index in [1.165, 1.54) is 12.1 Å². The monoisotopic (exact) mass is 250 g/mol. The van der Waals surface area contributed by atoms with Gasteiger partial charge in [-0.05, 0) is 17.5 Å². The van der Waals surface area contributed by atoms with Gasteiger partial charge in [0.25, 0.3) is 5.91 Å². The highest BCUT2D eigenvalue weighted by atomic mass is 16.3. The molecule has 0 aromatic heterocycles.